The SMILES string of the molecule is CCCCCCCCC(CCC)OC(=O)CCCCCCCN(CCCCCCCC(=O)OC(CCCCCCCC)CCCCCCCC)CCCNc1c(C2=CCCOCC2)c(=O)c1=O. The smallest absolute Gasteiger partial charge is 0.306 e. The van der Waals surface area contributed by atoms with Gasteiger partial charge in [-0.3, -0.25) is 19.2 Å². The Balaban J connectivity index is 1.77. The lowest BCUT2D eigenvalue weighted by Crippen LogP contribution is -2.39. The van der Waals surface area contributed by atoms with Gasteiger partial charge in [0.25, 0.3) is 0 Å². The van der Waals surface area contributed by atoms with Crippen molar-refractivity contribution in [2.75, 3.05) is 44.7 Å². The number of hydrogen-bond donors (Lipinski definition) is 1. The van der Waals surface area contributed by atoms with Crippen LogP contribution in [0.4, 0.5) is 5.69 Å². The Morgan fingerprint density at radius 3 is 1.45 bits per heavy atom. The predicted molar refractivity (Wildman–Crippen MR) is 283 cm³/mol. The van der Waals surface area contributed by atoms with E-state index in [0.29, 0.717) is 50.3 Å². The fourth-order valence-corrected chi connectivity index (χ4v) is 9.71. The lowest BCUT2D eigenvalue weighted by Gasteiger charge is -2.23. The number of ether oxygens (including phenoxy) is 3. The molecule has 388 valence electrons. The molecule has 2 rings (SSSR count). The average molecular weight is 941 g/mol. The number of carbonyl (C=O) groups excluding carboxylic acids is 2. The molecule has 1 aliphatic heterocycles. The molecule has 1 unspecified atom stereocenters. The number of carbonyl (C=O) groups is 2. The first-order valence-electron chi connectivity index (χ1n) is 28.8. The van der Waals surface area contributed by atoms with Gasteiger partial charge in [0.1, 0.15) is 12.2 Å². The van der Waals surface area contributed by atoms with Crippen LogP contribution >= 0.6 is 0 Å². The Morgan fingerprint density at radius 2 is 0.955 bits per heavy atom. The number of nitrogens with zero attached hydrogens (tertiary/aromatic N) is 1. The monoisotopic (exact) mass is 941 g/mol. The third-order valence-corrected chi connectivity index (χ3v) is 13.9. The molecule has 0 aliphatic carbocycles. The fourth-order valence-electron chi connectivity index (χ4n) is 9.71. The maximum Gasteiger partial charge on any atom is 0.306 e. The summed E-state index contributed by atoms with van der Waals surface area (Å²) >= 11 is 0. The van der Waals surface area contributed by atoms with Crippen molar-refractivity contribution >= 4 is 23.2 Å². The van der Waals surface area contributed by atoms with Gasteiger partial charge in [0, 0.05) is 19.4 Å². The third kappa shape index (κ3) is 30.6. The normalized spacial score (nSPS) is 13.6. The minimum absolute atomic E-state index is 0.00284. The zero-order valence-corrected chi connectivity index (χ0v) is 44.1. The summed E-state index contributed by atoms with van der Waals surface area (Å²) in [4.78, 5) is 53.3. The summed E-state index contributed by atoms with van der Waals surface area (Å²) in [6, 6.07) is 0. The second kappa shape index (κ2) is 42.4. The van der Waals surface area contributed by atoms with Gasteiger partial charge < -0.3 is 24.4 Å². The minimum atomic E-state index is -0.394. The summed E-state index contributed by atoms with van der Waals surface area (Å²) in [7, 11) is 0. The number of anilines is 1. The van der Waals surface area contributed by atoms with Crippen LogP contribution in [0, 0.1) is 0 Å². The minimum Gasteiger partial charge on any atom is -0.462 e. The zero-order valence-electron chi connectivity index (χ0n) is 44.1. The highest BCUT2D eigenvalue weighted by atomic mass is 16.5. The van der Waals surface area contributed by atoms with Crippen molar-refractivity contribution in [3.05, 3.63) is 32.1 Å². The number of nitrogens with one attached hydrogen (secondary N) is 1. The zero-order chi connectivity index (χ0) is 48.4. The molecule has 1 aliphatic rings. The number of esters is 2. The van der Waals surface area contributed by atoms with Crippen molar-refractivity contribution in [2.45, 2.75) is 284 Å². The van der Waals surface area contributed by atoms with Gasteiger partial charge >= 0.3 is 11.9 Å². The highest BCUT2D eigenvalue weighted by Gasteiger charge is 2.24. The van der Waals surface area contributed by atoms with Crippen molar-refractivity contribution < 1.29 is 23.8 Å². The van der Waals surface area contributed by atoms with Crippen LogP contribution in [0.1, 0.15) is 277 Å². The molecule has 0 bridgehead atoms. The average Bonchev–Trinajstić information content (AvgIpc) is 3.61. The molecule has 0 radical (unpaired) electrons. The van der Waals surface area contributed by atoms with E-state index in [1.807, 2.05) is 0 Å². The van der Waals surface area contributed by atoms with Crippen molar-refractivity contribution in [1.29, 1.82) is 0 Å². The van der Waals surface area contributed by atoms with Crippen molar-refractivity contribution in [3.63, 3.8) is 0 Å². The Kier molecular flexibility index (Phi) is 38.3. The molecule has 1 atom stereocenters. The summed E-state index contributed by atoms with van der Waals surface area (Å²) in [5, 5.41) is 3.33. The maximum atomic E-state index is 13.0. The van der Waals surface area contributed by atoms with Gasteiger partial charge in [-0.1, -0.05) is 175 Å². The second-order valence-electron chi connectivity index (χ2n) is 20.1. The van der Waals surface area contributed by atoms with Gasteiger partial charge in [-0.25, -0.2) is 0 Å². The molecule has 0 saturated carbocycles. The van der Waals surface area contributed by atoms with Crippen LogP contribution < -0.4 is 16.2 Å². The second-order valence-corrected chi connectivity index (χ2v) is 20.1. The summed E-state index contributed by atoms with van der Waals surface area (Å²) in [5.74, 6) is -0.0249. The van der Waals surface area contributed by atoms with E-state index in [4.69, 9.17) is 14.2 Å². The van der Waals surface area contributed by atoms with Gasteiger partial charge in [0.05, 0.1) is 24.5 Å². The van der Waals surface area contributed by atoms with E-state index < -0.39 is 5.43 Å². The first kappa shape index (κ1) is 60.6. The van der Waals surface area contributed by atoms with E-state index in [1.54, 1.807) is 0 Å². The van der Waals surface area contributed by atoms with Crippen LogP contribution in [0.15, 0.2) is 15.7 Å². The molecular formula is C58H104N2O7. The summed E-state index contributed by atoms with van der Waals surface area (Å²) in [5.41, 5.74) is 1.24. The van der Waals surface area contributed by atoms with Crippen LogP contribution in [-0.2, 0) is 23.8 Å². The predicted octanol–water partition coefficient (Wildman–Crippen LogP) is 15.1. The summed E-state index contributed by atoms with van der Waals surface area (Å²) in [6.07, 6.45) is 44.1. The van der Waals surface area contributed by atoms with Crippen LogP contribution in [0.25, 0.3) is 5.57 Å². The summed E-state index contributed by atoms with van der Waals surface area (Å²) < 4.78 is 17.6. The molecule has 0 aromatic heterocycles. The molecule has 1 aromatic carbocycles. The molecule has 0 saturated heterocycles. The topological polar surface area (TPSA) is 111 Å². The van der Waals surface area contributed by atoms with Crippen LogP contribution in [0.2, 0.25) is 0 Å². The molecule has 9 nitrogen and oxygen atoms in total. The molecule has 9 heteroatoms. The van der Waals surface area contributed by atoms with Crippen LogP contribution in [0.3, 0.4) is 0 Å². The van der Waals surface area contributed by atoms with Crippen molar-refractivity contribution in [3.8, 4) is 0 Å². The molecule has 0 spiro atoms. The van der Waals surface area contributed by atoms with E-state index in [-0.39, 0.29) is 29.6 Å². The quantitative estimate of drug-likeness (QED) is 0.0388. The van der Waals surface area contributed by atoms with Gasteiger partial charge in [0.15, 0.2) is 0 Å². The van der Waals surface area contributed by atoms with E-state index in [2.05, 4.69) is 44.0 Å². The molecule has 1 aromatic rings. The van der Waals surface area contributed by atoms with Gasteiger partial charge in [-0.05, 0) is 115 Å². The van der Waals surface area contributed by atoms with Crippen LogP contribution in [0.5, 0.6) is 0 Å². The van der Waals surface area contributed by atoms with Gasteiger partial charge in [-0.2, -0.15) is 0 Å². The Hall–Kier alpha value is -2.52. The third-order valence-electron chi connectivity index (χ3n) is 13.9. The lowest BCUT2D eigenvalue weighted by atomic mass is 9.95. The van der Waals surface area contributed by atoms with E-state index in [1.165, 1.54) is 96.3 Å². The van der Waals surface area contributed by atoms with E-state index >= 15 is 0 Å². The fraction of sp³-hybridized carbons (Fsp3) is 0.862. The molecule has 1 heterocycles. The Morgan fingerprint density at radius 1 is 0.522 bits per heavy atom. The van der Waals surface area contributed by atoms with Gasteiger partial charge in [-0.15, -0.1) is 0 Å². The molecule has 0 amide bonds. The molecule has 1 N–H and O–H groups in total. The van der Waals surface area contributed by atoms with Crippen molar-refractivity contribution in [1.82, 2.24) is 4.90 Å². The first-order valence-corrected chi connectivity index (χ1v) is 28.8. The van der Waals surface area contributed by atoms with Crippen LogP contribution in [-0.4, -0.2) is 68.4 Å². The largest absolute Gasteiger partial charge is 0.462 e. The first-order chi connectivity index (χ1) is 32.8. The highest BCUT2D eigenvalue weighted by Crippen LogP contribution is 2.25. The molecule has 0 fully saturated rings. The summed E-state index contributed by atoms with van der Waals surface area (Å²) in [6.45, 7) is 13.8. The lowest BCUT2D eigenvalue weighted by molar-refractivity contribution is -0.151. The Labute approximate surface area is 411 Å². The Bertz CT molecular complexity index is 1430. The van der Waals surface area contributed by atoms with Gasteiger partial charge in [0.2, 0.25) is 10.9 Å². The molecule has 67 heavy (non-hydrogen) atoms. The highest BCUT2D eigenvalue weighted by molar-refractivity contribution is 5.79. The maximum absolute atomic E-state index is 13.0. The standard InChI is InChI=1S/C58H104N2O7/c1-5-9-12-15-20-27-38-51(36-8-4)66-53(61)41-30-23-18-25-32-45-60(47-35-44-59-56-55(57(63)58(56)64)50-37-34-48-65-49-43-50)46-33-26-19-24-31-42-54(62)67-52(39-28-21-16-13-10-6-2)40-29-22-17-14-11-7-3/h37,51-52,59H,5-36,38-49H2,1-4H3. The van der Waals surface area contributed by atoms with E-state index in [0.717, 1.165) is 154 Å². The number of hydrogen-bond acceptors (Lipinski definition) is 9. The number of rotatable bonds is 47. The van der Waals surface area contributed by atoms with Crippen molar-refractivity contribution in [2.24, 2.45) is 0 Å². The molecular weight excluding hydrogens is 837 g/mol. The van der Waals surface area contributed by atoms with E-state index in [9.17, 15) is 19.2 Å². The number of unbranched alkanes of at least 4 members (excludes halogenated alkanes) is 23.